The molecule has 1 N–H and O–H groups in total. The van der Waals surface area contributed by atoms with Crippen molar-refractivity contribution in [3.05, 3.63) is 75.6 Å². The van der Waals surface area contributed by atoms with Crippen molar-refractivity contribution in [1.29, 1.82) is 0 Å². The molecule has 2 aromatic carbocycles. The molecule has 1 atom stereocenters. The number of hydrogen-bond acceptors (Lipinski definition) is 5. The Morgan fingerprint density at radius 3 is 2.59 bits per heavy atom. The molecular formula is C23H23NO5. The molecule has 29 heavy (non-hydrogen) atoms. The fourth-order valence-corrected chi connectivity index (χ4v) is 3.75. The zero-order chi connectivity index (χ0) is 20.4. The Morgan fingerprint density at radius 2 is 1.86 bits per heavy atom. The van der Waals surface area contributed by atoms with E-state index in [1.165, 1.54) is 0 Å². The number of aliphatic hydroxyl groups excluding tert-OH is 1. The van der Waals surface area contributed by atoms with Gasteiger partial charge in [-0.2, -0.15) is 0 Å². The lowest BCUT2D eigenvalue weighted by Gasteiger charge is -2.25. The Balaban J connectivity index is 1.83. The van der Waals surface area contributed by atoms with Crippen LogP contribution in [0.25, 0.3) is 11.0 Å². The van der Waals surface area contributed by atoms with Crippen molar-refractivity contribution >= 4 is 16.9 Å². The average Bonchev–Trinajstić information content (AvgIpc) is 3.03. The van der Waals surface area contributed by atoms with Gasteiger partial charge in [0, 0.05) is 13.2 Å². The van der Waals surface area contributed by atoms with Crippen LogP contribution in [0.3, 0.4) is 0 Å². The van der Waals surface area contributed by atoms with Gasteiger partial charge in [0.1, 0.15) is 11.3 Å². The molecule has 1 aliphatic heterocycles. The maximum absolute atomic E-state index is 13.3. The minimum absolute atomic E-state index is 0.0417. The molecule has 6 heteroatoms. The van der Waals surface area contributed by atoms with Gasteiger partial charge >= 0.3 is 0 Å². The number of hydrogen-bond donors (Lipinski definition) is 1. The van der Waals surface area contributed by atoms with Gasteiger partial charge in [0.25, 0.3) is 5.91 Å². The van der Waals surface area contributed by atoms with Crippen LogP contribution < -0.4 is 10.2 Å². The summed E-state index contributed by atoms with van der Waals surface area (Å²) in [4.78, 5) is 27.9. The molecule has 0 spiro atoms. The van der Waals surface area contributed by atoms with Gasteiger partial charge in [-0.3, -0.25) is 9.59 Å². The Morgan fingerprint density at radius 1 is 1.10 bits per heavy atom. The predicted octanol–water partition coefficient (Wildman–Crippen LogP) is 3.51. The summed E-state index contributed by atoms with van der Waals surface area (Å²) >= 11 is 0. The monoisotopic (exact) mass is 393 g/mol. The topological polar surface area (TPSA) is 80.0 Å². The number of ether oxygens (including phenoxy) is 1. The molecule has 4 rings (SSSR count). The third-order valence-electron chi connectivity index (χ3n) is 5.10. The molecule has 0 saturated carbocycles. The minimum atomic E-state index is -0.551. The van der Waals surface area contributed by atoms with Crippen molar-refractivity contribution < 1.29 is 19.1 Å². The summed E-state index contributed by atoms with van der Waals surface area (Å²) in [6.07, 6.45) is 1.33. The summed E-state index contributed by atoms with van der Waals surface area (Å²) in [5.74, 6) is 0.503. The largest absolute Gasteiger partial charge is 0.494 e. The van der Waals surface area contributed by atoms with Crippen LogP contribution in [-0.4, -0.2) is 35.7 Å². The number of carbonyl (C=O) groups excluding carboxylic acids is 1. The van der Waals surface area contributed by atoms with Crippen molar-refractivity contribution in [2.75, 3.05) is 19.8 Å². The number of benzene rings is 2. The van der Waals surface area contributed by atoms with Gasteiger partial charge in [-0.15, -0.1) is 0 Å². The van der Waals surface area contributed by atoms with E-state index < -0.39 is 6.04 Å². The molecule has 1 aliphatic rings. The van der Waals surface area contributed by atoms with Crippen molar-refractivity contribution in [3.8, 4) is 5.75 Å². The van der Waals surface area contributed by atoms with Gasteiger partial charge in [-0.05, 0) is 42.7 Å². The van der Waals surface area contributed by atoms with E-state index in [-0.39, 0.29) is 23.7 Å². The van der Waals surface area contributed by atoms with E-state index in [0.29, 0.717) is 36.1 Å². The normalized spacial score (nSPS) is 15.7. The zero-order valence-corrected chi connectivity index (χ0v) is 16.3. The second-order valence-corrected chi connectivity index (χ2v) is 7.07. The predicted molar refractivity (Wildman–Crippen MR) is 109 cm³/mol. The number of rotatable bonds is 7. The molecule has 3 aromatic rings. The van der Waals surface area contributed by atoms with E-state index in [4.69, 9.17) is 9.15 Å². The van der Waals surface area contributed by atoms with Gasteiger partial charge in [0.15, 0.2) is 5.43 Å². The minimum Gasteiger partial charge on any atom is -0.494 e. The molecule has 6 nitrogen and oxygen atoms in total. The van der Waals surface area contributed by atoms with Crippen LogP contribution in [0, 0.1) is 0 Å². The van der Waals surface area contributed by atoms with Crippen LogP contribution in [0.15, 0.2) is 57.7 Å². The highest BCUT2D eigenvalue weighted by molar-refractivity contribution is 5.99. The Kier molecular flexibility index (Phi) is 5.36. The van der Waals surface area contributed by atoms with Crippen LogP contribution in [-0.2, 0) is 0 Å². The van der Waals surface area contributed by atoms with Gasteiger partial charge in [-0.1, -0.05) is 31.2 Å². The molecule has 0 radical (unpaired) electrons. The van der Waals surface area contributed by atoms with E-state index in [2.05, 4.69) is 0 Å². The third kappa shape index (κ3) is 3.40. The number of aliphatic hydroxyl groups is 1. The SMILES string of the molecule is CCCOc1ccc([C@@H]2c3c(oc4ccccc4c3=O)C(=O)N2CCCO)cc1. The molecular weight excluding hydrogens is 370 g/mol. The van der Waals surface area contributed by atoms with Gasteiger partial charge in [0.05, 0.1) is 23.6 Å². The van der Waals surface area contributed by atoms with E-state index >= 15 is 0 Å². The van der Waals surface area contributed by atoms with Crippen LogP contribution in [0.1, 0.15) is 47.5 Å². The fourth-order valence-electron chi connectivity index (χ4n) is 3.75. The lowest BCUT2D eigenvalue weighted by atomic mass is 9.98. The molecule has 1 aromatic heterocycles. The number of fused-ring (bicyclic) bond motifs is 2. The maximum Gasteiger partial charge on any atom is 0.290 e. The third-order valence-corrected chi connectivity index (χ3v) is 5.10. The molecule has 150 valence electrons. The lowest BCUT2D eigenvalue weighted by molar-refractivity contribution is 0.0716. The van der Waals surface area contributed by atoms with Gasteiger partial charge in [-0.25, -0.2) is 0 Å². The standard InChI is InChI=1S/C23H23NO5/c1-2-14-28-16-10-8-15(9-11-16)20-19-21(26)17-6-3-4-7-18(17)29-22(19)23(27)24(20)12-5-13-25/h3-4,6-11,20,25H,2,5,12-14H2,1H3/t20-/m1/s1. The molecule has 0 bridgehead atoms. The summed E-state index contributed by atoms with van der Waals surface area (Å²) in [6.45, 7) is 2.95. The number of para-hydroxylation sites is 1. The van der Waals surface area contributed by atoms with E-state index in [1.807, 2.05) is 31.2 Å². The van der Waals surface area contributed by atoms with E-state index in [1.54, 1.807) is 29.2 Å². The molecule has 1 amide bonds. The van der Waals surface area contributed by atoms with E-state index in [9.17, 15) is 14.7 Å². The molecule has 0 saturated heterocycles. The first-order valence-electron chi connectivity index (χ1n) is 9.86. The molecule has 2 heterocycles. The Labute approximate surface area is 168 Å². The highest BCUT2D eigenvalue weighted by Gasteiger charge is 2.42. The zero-order valence-electron chi connectivity index (χ0n) is 16.3. The first-order valence-corrected chi connectivity index (χ1v) is 9.86. The average molecular weight is 393 g/mol. The fraction of sp³-hybridized carbons (Fsp3) is 0.304. The van der Waals surface area contributed by atoms with Crippen molar-refractivity contribution in [2.24, 2.45) is 0 Å². The van der Waals surface area contributed by atoms with Crippen LogP contribution >= 0.6 is 0 Å². The van der Waals surface area contributed by atoms with Crippen molar-refractivity contribution in [1.82, 2.24) is 4.90 Å². The van der Waals surface area contributed by atoms with Crippen LogP contribution in [0.5, 0.6) is 5.75 Å². The Bertz CT molecular complexity index is 1090. The van der Waals surface area contributed by atoms with Crippen LogP contribution in [0.2, 0.25) is 0 Å². The van der Waals surface area contributed by atoms with Gasteiger partial charge < -0.3 is 19.2 Å². The number of amides is 1. The highest BCUT2D eigenvalue weighted by Crippen LogP contribution is 2.38. The van der Waals surface area contributed by atoms with Crippen molar-refractivity contribution in [2.45, 2.75) is 25.8 Å². The second kappa shape index (κ2) is 8.09. The number of nitrogens with zero attached hydrogens (tertiary/aromatic N) is 1. The first-order chi connectivity index (χ1) is 14.2. The summed E-state index contributed by atoms with van der Waals surface area (Å²) in [6, 6.07) is 13.8. The van der Waals surface area contributed by atoms with E-state index in [0.717, 1.165) is 17.7 Å². The summed E-state index contributed by atoms with van der Waals surface area (Å²) in [5, 5.41) is 9.73. The highest BCUT2D eigenvalue weighted by atomic mass is 16.5. The quantitative estimate of drug-likeness (QED) is 0.664. The first kappa shape index (κ1) is 19.2. The molecule has 0 aliphatic carbocycles. The lowest BCUT2D eigenvalue weighted by Crippen LogP contribution is -2.31. The Hall–Kier alpha value is -3.12. The van der Waals surface area contributed by atoms with Gasteiger partial charge in [0.2, 0.25) is 5.76 Å². The molecule has 0 fully saturated rings. The molecule has 0 unspecified atom stereocenters. The van der Waals surface area contributed by atoms with Crippen LogP contribution in [0.4, 0.5) is 0 Å². The maximum atomic E-state index is 13.3. The summed E-state index contributed by atoms with van der Waals surface area (Å²) in [5.41, 5.74) is 1.36. The summed E-state index contributed by atoms with van der Waals surface area (Å²) < 4.78 is 11.5. The smallest absolute Gasteiger partial charge is 0.290 e. The van der Waals surface area contributed by atoms with Crippen molar-refractivity contribution in [3.63, 3.8) is 0 Å². The summed E-state index contributed by atoms with van der Waals surface area (Å²) in [7, 11) is 0. The number of carbonyl (C=O) groups is 1. The second-order valence-electron chi connectivity index (χ2n) is 7.07.